The number of quaternary nitrogens is 1. The second-order valence-electron chi connectivity index (χ2n) is 7.17. The zero-order valence-corrected chi connectivity index (χ0v) is 15.5. The van der Waals surface area contributed by atoms with Crippen LogP contribution in [0, 0.1) is 0 Å². The largest absolute Gasteiger partial charge is 0.457 e. The molecule has 2 rings (SSSR count). The van der Waals surface area contributed by atoms with Crippen molar-refractivity contribution >= 4 is 5.97 Å². The molecule has 0 unspecified atom stereocenters. The molecule has 2 aromatic rings. The Balaban J connectivity index is 2.24. The number of likely N-dealkylation sites (N-methyl/N-ethyl adjacent to an activating group) is 1. The normalized spacial score (nSPS) is 12.2. The van der Waals surface area contributed by atoms with E-state index in [-0.39, 0.29) is 6.61 Å². The van der Waals surface area contributed by atoms with Gasteiger partial charge in [0.15, 0.2) is 0 Å². The van der Waals surface area contributed by atoms with E-state index < -0.39 is 11.6 Å². The molecule has 25 heavy (non-hydrogen) atoms. The molecule has 0 fully saturated rings. The maximum Gasteiger partial charge on any atom is 0.347 e. The molecule has 0 amide bonds. The summed E-state index contributed by atoms with van der Waals surface area (Å²) in [6, 6.07) is 18.3. The van der Waals surface area contributed by atoms with Crippen LogP contribution >= 0.6 is 0 Å². The number of nitrogens with zero attached hydrogens (tertiary/aromatic N) is 1. The third kappa shape index (κ3) is 4.27. The first-order valence-corrected chi connectivity index (χ1v) is 8.62. The fourth-order valence-corrected chi connectivity index (χ4v) is 2.50. The van der Waals surface area contributed by atoms with Crippen LogP contribution in [0.25, 0.3) is 0 Å². The highest BCUT2D eigenvalue weighted by atomic mass is 16.5. The summed E-state index contributed by atoms with van der Waals surface area (Å²) in [5.74, 6) is -0.645. The van der Waals surface area contributed by atoms with Crippen molar-refractivity contribution < 1.29 is 19.1 Å². The van der Waals surface area contributed by atoms with Gasteiger partial charge < -0.3 is 14.3 Å². The summed E-state index contributed by atoms with van der Waals surface area (Å²) < 4.78 is 6.24. The molecule has 4 nitrogen and oxygen atoms in total. The smallest absolute Gasteiger partial charge is 0.347 e. The lowest BCUT2D eigenvalue weighted by atomic mass is 9.86. The minimum absolute atomic E-state index is 0.256. The minimum Gasteiger partial charge on any atom is -0.457 e. The maximum atomic E-state index is 12.8. The number of carbonyl (C=O) groups excluding carboxylic acids is 1. The molecule has 1 N–H and O–H groups in total. The van der Waals surface area contributed by atoms with E-state index in [2.05, 4.69) is 27.9 Å². The fourth-order valence-electron chi connectivity index (χ4n) is 2.50. The zero-order chi connectivity index (χ0) is 18.5. The van der Waals surface area contributed by atoms with Crippen molar-refractivity contribution in [2.45, 2.75) is 25.5 Å². The fraction of sp³-hybridized carbons (Fsp3) is 0.381. The van der Waals surface area contributed by atoms with Gasteiger partial charge in [-0.15, -0.1) is 0 Å². The van der Waals surface area contributed by atoms with E-state index in [0.29, 0.717) is 23.7 Å². The number of benzene rings is 2. The second kappa shape index (κ2) is 7.81. The highest BCUT2D eigenvalue weighted by molar-refractivity contribution is 5.85. The second-order valence-corrected chi connectivity index (χ2v) is 7.17. The van der Waals surface area contributed by atoms with Gasteiger partial charge in [0.25, 0.3) is 0 Å². The number of aliphatic hydroxyl groups is 1. The molecule has 0 radical (unpaired) electrons. The molecule has 0 aromatic heterocycles. The molecule has 4 heteroatoms. The van der Waals surface area contributed by atoms with Crippen LogP contribution in [-0.2, 0) is 15.1 Å². The Morgan fingerprint density at radius 2 is 1.44 bits per heavy atom. The van der Waals surface area contributed by atoms with E-state index in [1.165, 1.54) is 0 Å². The highest BCUT2D eigenvalue weighted by Crippen LogP contribution is 2.31. The first kappa shape index (κ1) is 19.2. The number of esters is 1. The van der Waals surface area contributed by atoms with Crippen molar-refractivity contribution in [3.8, 4) is 0 Å². The summed E-state index contributed by atoms with van der Waals surface area (Å²) in [4.78, 5) is 12.8. The van der Waals surface area contributed by atoms with Gasteiger partial charge in [-0.05, 0) is 25.0 Å². The lowest BCUT2D eigenvalue weighted by Crippen LogP contribution is -2.48. The van der Waals surface area contributed by atoms with E-state index >= 15 is 0 Å². The Bertz CT molecular complexity index is 641. The molecular weight excluding hydrogens is 314 g/mol. The average molecular weight is 342 g/mol. The van der Waals surface area contributed by atoms with E-state index in [4.69, 9.17) is 4.74 Å². The molecule has 0 heterocycles. The molecule has 0 spiro atoms. The van der Waals surface area contributed by atoms with E-state index in [1.54, 1.807) is 48.5 Å². The van der Waals surface area contributed by atoms with Gasteiger partial charge in [0.1, 0.15) is 13.2 Å². The van der Waals surface area contributed by atoms with Crippen molar-refractivity contribution in [2.24, 2.45) is 0 Å². The van der Waals surface area contributed by atoms with Gasteiger partial charge in [-0.25, -0.2) is 4.79 Å². The molecule has 0 saturated heterocycles. The van der Waals surface area contributed by atoms with Crippen molar-refractivity contribution in [3.05, 3.63) is 71.8 Å². The van der Waals surface area contributed by atoms with Gasteiger partial charge in [-0.3, -0.25) is 0 Å². The Morgan fingerprint density at radius 1 is 1.00 bits per heavy atom. The Morgan fingerprint density at radius 3 is 1.84 bits per heavy atom. The predicted octanol–water partition coefficient (Wildman–Crippen LogP) is 2.95. The van der Waals surface area contributed by atoms with Gasteiger partial charge in [-0.1, -0.05) is 60.7 Å². The summed E-state index contributed by atoms with van der Waals surface area (Å²) in [5.41, 5.74) is -0.801. The standard InChI is InChI=1S/C21H28NO3/c1-17(2)22(3,4)15-16-25-20(23)21(24,18-11-7-5-8-12-18)19-13-9-6-10-14-19/h5-14,17,24H,15-16H2,1-4H3/q+1. The molecule has 0 bridgehead atoms. The SMILES string of the molecule is CC(C)[N+](C)(C)CCOC(=O)C(O)(c1ccccc1)c1ccccc1. The van der Waals surface area contributed by atoms with Crippen LogP contribution in [0.15, 0.2) is 60.7 Å². The third-order valence-corrected chi connectivity index (χ3v) is 4.98. The van der Waals surface area contributed by atoms with Gasteiger partial charge in [0, 0.05) is 0 Å². The van der Waals surface area contributed by atoms with E-state index in [1.807, 2.05) is 12.1 Å². The zero-order valence-electron chi connectivity index (χ0n) is 15.5. The molecule has 0 atom stereocenters. The van der Waals surface area contributed by atoms with E-state index in [9.17, 15) is 9.90 Å². The van der Waals surface area contributed by atoms with Crippen LogP contribution in [0.4, 0.5) is 0 Å². The van der Waals surface area contributed by atoms with E-state index in [0.717, 1.165) is 4.48 Å². The van der Waals surface area contributed by atoms with Crippen molar-refractivity contribution in [3.63, 3.8) is 0 Å². The van der Waals surface area contributed by atoms with Crippen LogP contribution in [0.1, 0.15) is 25.0 Å². The van der Waals surface area contributed by atoms with Crippen LogP contribution in [0.3, 0.4) is 0 Å². The van der Waals surface area contributed by atoms with Gasteiger partial charge in [-0.2, -0.15) is 0 Å². The number of hydrogen-bond acceptors (Lipinski definition) is 3. The number of carbonyl (C=O) groups is 1. The summed E-state index contributed by atoms with van der Waals surface area (Å²) in [7, 11) is 4.19. The lowest BCUT2D eigenvalue weighted by Gasteiger charge is -2.34. The molecule has 0 aliphatic carbocycles. The minimum atomic E-state index is -1.81. The topological polar surface area (TPSA) is 46.5 Å². The lowest BCUT2D eigenvalue weighted by molar-refractivity contribution is -0.911. The number of ether oxygens (including phenoxy) is 1. The van der Waals surface area contributed by atoms with Gasteiger partial charge in [0.2, 0.25) is 5.60 Å². The summed E-state index contributed by atoms with van der Waals surface area (Å²) in [6.45, 7) is 5.20. The van der Waals surface area contributed by atoms with Gasteiger partial charge in [0.05, 0.1) is 20.1 Å². The predicted molar refractivity (Wildman–Crippen MR) is 99.0 cm³/mol. The van der Waals surface area contributed by atoms with Gasteiger partial charge >= 0.3 is 5.97 Å². The highest BCUT2D eigenvalue weighted by Gasteiger charge is 2.41. The van der Waals surface area contributed by atoms with Crippen molar-refractivity contribution in [1.82, 2.24) is 0 Å². The molecule has 0 aliphatic rings. The monoisotopic (exact) mass is 342 g/mol. The Kier molecular flexibility index (Phi) is 5.98. The van der Waals surface area contributed by atoms with Crippen molar-refractivity contribution in [1.29, 1.82) is 0 Å². The van der Waals surface area contributed by atoms with Crippen LogP contribution in [-0.4, -0.2) is 48.8 Å². The number of hydrogen-bond donors (Lipinski definition) is 1. The molecule has 0 aliphatic heterocycles. The average Bonchev–Trinajstić information content (AvgIpc) is 2.62. The first-order chi connectivity index (χ1) is 11.8. The summed E-state index contributed by atoms with van der Waals surface area (Å²) in [5, 5.41) is 11.3. The number of rotatable bonds is 7. The molecule has 2 aromatic carbocycles. The van der Waals surface area contributed by atoms with Crippen molar-refractivity contribution in [2.75, 3.05) is 27.2 Å². The molecule has 134 valence electrons. The Labute approximate surface area is 150 Å². The Hall–Kier alpha value is -2.17. The maximum absolute atomic E-state index is 12.8. The molecule has 0 saturated carbocycles. The summed E-state index contributed by atoms with van der Waals surface area (Å²) >= 11 is 0. The van der Waals surface area contributed by atoms with Crippen LogP contribution < -0.4 is 0 Å². The van der Waals surface area contributed by atoms with Crippen LogP contribution in [0.2, 0.25) is 0 Å². The summed E-state index contributed by atoms with van der Waals surface area (Å²) in [6.07, 6.45) is 0. The van der Waals surface area contributed by atoms with Crippen LogP contribution in [0.5, 0.6) is 0 Å². The third-order valence-electron chi connectivity index (χ3n) is 4.98. The first-order valence-electron chi connectivity index (χ1n) is 8.62. The molecular formula is C21H28NO3+. The quantitative estimate of drug-likeness (QED) is 0.622.